The third kappa shape index (κ3) is 4.48. The van der Waals surface area contributed by atoms with E-state index in [0.29, 0.717) is 18.5 Å². The molecule has 30 heavy (non-hydrogen) atoms. The van der Waals surface area contributed by atoms with Gasteiger partial charge in [-0.3, -0.25) is 34.3 Å². The Hall–Kier alpha value is -2.89. The first-order chi connectivity index (χ1) is 14.3. The molecule has 1 aliphatic carbocycles. The highest BCUT2D eigenvalue weighted by atomic mass is 32.3. The summed E-state index contributed by atoms with van der Waals surface area (Å²) in [6, 6.07) is 10.7. The smallest absolute Gasteiger partial charge is 0.290 e. The van der Waals surface area contributed by atoms with E-state index in [1.807, 2.05) is 30.3 Å². The summed E-state index contributed by atoms with van der Waals surface area (Å²) in [5, 5.41) is 6.71. The molecule has 1 aliphatic heterocycles. The highest BCUT2D eigenvalue weighted by Gasteiger charge is 2.40. The lowest BCUT2D eigenvalue weighted by molar-refractivity contribution is -0.134. The van der Waals surface area contributed by atoms with E-state index >= 15 is 0 Å². The Balaban J connectivity index is 1.19. The molecule has 4 rings (SSSR count). The molecule has 3 amide bonds. The third-order valence-electron chi connectivity index (χ3n) is 5.26. The van der Waals surface area contributed by atoms with Gasteiger partial charge in [0.2, 0.25) is 17.6 Å². The number of hydrazine groups is 1. The van der Waals surface area contributed by atoms with Gasteiger partial charge in [-0.05, 0) is 12.8 Å². The van der Waals surface area contributed by atoms with Crippen LogP contribution in [0.1, 0.15) is 23.4 Å². The zero-order chi connectivity index (χ0) is 21.3. The Bertz CT molecular complexity index is 949. The van der Waals surface area contributed by atoms with Crippen LogP contribution in [0.5, 0.6) is 0 Å². The van der Waals surface area contributed by atoms with Crippen LogP contribution < -0.4 is 16.2 Å². The molecule has 2 aliphatic rings. The molecule has 1 aromatic carbocycles. The van der Waals surface area contributed by atoms with Crippen molar-refractivity contribution in [2.24, 2.45) is 11.8 Å². The maximum absolute atomic E-state index is 12.3. The van der Waals surface area contributed by atoms with Crippen LogP contribution in [0.15, 0.2) is 40.9 Å². The average molecular weight is 434 g/mol. The number of carbonyl (C=O) groups excluding carboxylic acids is 3. The normalized spacial score (nSPS) is 23.4. The number of hydrogen-bond acceptors (Lipinski definition) is 7. The molecule has 0 spiro atoms. The number of rotatable bonds is 5. The molecule has 1 aromatic heterocycles. The summed E-state index contributed by atoms with van der Waals surface area (Å²) >= 11 is 0. The zero-order valence-electron chi connectivity index (χ0n) is 15.9. The lowest BCUT2D eigenvalue weighted by Crippen LogP contribution is -2.55. The minimum Gasteiger partial charge on any atom is -0.350 e. The molecule has 0 bridgehead atoms. The van der Waals surface area contributed by atoms with Crippen molar-refractivity contribution in [1.82, 2.24) is 21.3 Å². The van der Waals surface area contributed by atoms with E-state index < -0.39 is 28.3 Å². The molecule has 1 saturated carbocycles. The number of hydrogen-bond donors (Lipinski definition) is 5. The van der Waals surface area contributed by atoms with Gasteiger partial charge in [0.25, 0.3) is 5.91 Å². The monoisotopic (exact) mass is 434 g/mol. The fourth-order valence-corrected chi connectivity index (χ4v) is 4.90. The number of carbonyl (C=O) groups is 3. The van der Waals surface area contributed by atoms with Crippen molar-refractivity contribution < 1.29 is 28.0 Å². The van der Waals surface area contributed by atoms with E-state index in [1.165, 1.54) is 0 Å². The van der Waals surface area contributed by atoms with Crippen LogP contribution in [0.4, 0.5) is 0 Å². The van der Waals surface area contributed by atoms with Gasteiger partial charge in [-0.2, -0.15) is 10.6 Å². The minimum atomic E-state index is -2.61. The van der Waals surface area contributed by atoms with Crippen molar-refractivity contribution in [2.45, 2.75) is 18.9 Å². The molecule has 2 aromatic rings. The Kier molecular flexibility index (Phi) is 5.50. The van der Waals surface area contributed by atoms with Crippen LogP contribution in [0.2, 0.25) is 0 Å². The summed E-state index contributed by atoms with van der Waals surface area (Å²) in [6.07, 6.45) is 0.883. The first kappa shape index (κ1) is 20.4. The standard InChI is InChI=1S/C19H22N4O6S/c24-17(21-22-18(25)13-9-30(27,28)10-13)12-6-14(7-12)20-19(26)16-8-15(23-29-16)11-4-2-1-3-5-11/h1-5,8,12-14,27-28H,6-7,9-10H2,(H,20,26)(H,21,24)(H,22,25). The summed E-state index contributed by atoms with van der Waals surface area (Å²) in [5.74, 6) is -1.84. The maximum Gasteiger partial charge on any atom is 0.290 e. The second-order valence-electron chi connectivity index (χ2n) is 7.59. The second kappa shape index (κ2) is 8.09. The third-order valence-corrected chi connectivity index (χ3v) is 7.14. The number of nitrogens with zero attached hydrogens (tertiary/aromatic N) is 1. The molecule has 0 unspecified atom stereocenters. The summed E-state index contributed by atoms with van der Waals surface area (Å²) in [4.78, 5) is 36.2. The topological polar surface area (TPSA) is 154 Å². The minimum absolute atomic E-state index is 0.0276. The Labute approximate surface area is 173 Å². The average Bonchev–Trinajstić information content (AvgIpc) is 3.17. The quantitative estimate of drug-likeness (QED) is 0.445. The van der Waals surface area contributed by atoms with Crippen LogP contribution >= 0.6 is 10.6 Å². The van der Waals surface area contributed by atoms with Crippen LogP contribution in [0.25, 0.3) is 11.3 Å². The van der Waals surface area contributed by atoms with Crippen molar-refractivity contribution in [3.8, 4) is 11.3 Å². The Morgan fingerprint density at radius 1 is 1.00 bits per heavy atom. The molecule has 2 fully saturated rings. The first-order valence-corrected chi connectivity index (χ1v) is 11.4. The lowest BCUT2D eigenvalue weighted by atomic mass is 9.79. The highest BCUT2D eigenvalue weighted by Crippen LogP contribution is 2.51. The highest BCUT2D eigenvalue weighted by molar-refractivity contribution is 8.25. The SMILES string of the molecule is O=C(NC1CC(C(=O)NNC(=O)C2CS(O)(O)C2)C1)c1cc(-c2ccccc2)no1. The molecule has 10 nitrogen and oxygen atoms in total. The molecule has 160 valence electrons. The van der Waals surface area contributed by atoms with Crippen molar-refractivity contribution in [1.29, 1.82) is 0 Å². The van der Waals surface area contributed by atoms with Crippen LogP contribution in [-0.2, 0) is 9.59 Å². The fraction of sp³-hybridized carbons (Fsp3) is 0.368. The predicted molar refractivity (Wildman–Crippen MR) is 108 cm³/mol. The summed E-state index contributed by atoms with van der Waals surface area (Å²) < 4.78 is 23.7. The van der Waals surface area contributed by atoms with Crippen molar-refractivity contribution >= 4 is 28.3 Å². The van der Waals surface area contributed by atoms with E-state index in [0.717, 1.165) is 5.56 Å². The second-order valence-corrected chi connectivity index (χ2v) is 9.86. The van der Waals surface area contributed by atoms with E-state index in [-0.39, 0.29) is 35.1 Å². The molecular formula is C19H22N4O6S. The number of aromatic nitrogens is 1. The summed E-state index contributed by atoms with van der Waals surface area (Å²) in [7, 11) is -2.61. The summed E-state index contributed by atoms with van der Waals surface area (Å²) in [5.41, 5.74) is 6.07. The van der Waals surface area contributed by atoms with Gasteiger partial charge in [-0.1, -0.05) is 35.5 Å². The molecule has 1 saturated heterocycles. The number of nitrogens with one attached hydrogen (secondary N) is 3. The van der Waals surface area contributed by atoms with Gasteiger partial charge in [0.1, 0.15) is 5.69 Å². The van der Waals surface area contributed by atoms with E-state index in [2.05, 4.69) is 21.3 Å². The Morgan fingerprint density at radius 2 is 1.63 bits per heavy atom. The molecule has 0 radical (unpaired) electrons. The van der Waals surface area contributed by atoms with Crippen molar-refractivity contribution in [2.75, 3.05) is 11.5 Å². The van der Waals surface area contributed by atoms with Gasteiger partial charge >= 0.3 is 0 Å². The molecule has 0 atom stereocenters. The van der Waals surface area contributed by atoms with Crippen LogP contribution in [-0.4, -0.2) is 49.5 Å². The van der Waals surface area contributed by atoms with Gasteiger partial charge in [-0.25, -0.2) is 0 Å². The van der Waals surface area contributed by atoms with E-state index in [4.69, 9.17) is 4.52 Å². The van der Waals surface area contributed by atoms with Crippen LogP contribution in [0.3, 0.4) is 0 Å². The van der Waals surface area contributed by atoms with Gasteiger partial charge in [-0.15, -0.1) is 0 Å². The molecule has 2 heterocycles. The molecule has 11 heteroatoms. The number of benzene rings is 1. The number of amides is 3. The van der Waals surface area contributed by atoms with Gasteiger partial charge in [0.05, 0.1) is 17.4 Å². The van der Waals surface area contributed by atoms with Gasteiger partial charge in [0.15, 0.2) is 0 Å². The first-order valence-electron chi connectivity index (χ1n) is 9.47. The fourth-order valence-electron chi connectivity index (χ4n) is 3.41. The van der Waals surface area contributed by atoms with E-state index in [9.17, 15) is 23.5 Å². The zero-order valence-corrected chi connectivity index (χ0v) is 16.7. The van der Waals surface area contributed by atoms with Crippen molar-refractivity contribution in [3.63, 3.8) is 0 Å². The van der Waals surface area contributed by atoms with Crippen molar-refractivity contribution in [3.05, 3.63) is 42.2 Å². The predicted octanol–water partition coefficient (Wildman–Crippen LogP) is 1.38. The van der Waals surface area contributed by atoms with Gasteiger partial charge in [0, 0.05) is 23.6 Å². The van der Waals surface area contributed by atoms with E-state index in [1.54, 1.807) is 6.07 Å². The largest absolute Gasteiger partial charge is 0.350 e. The van der Waals surface area contributed by atoms with Crippen LogP contribution in [0, 0.1) is 11.8 Å². The molecular weight excluding hydrogens is 412 g/mol. The Morgan fingerprint density at radius 3 is 2.27 bits per heavy atom. The van der Waals surface area contributed by atoms with Gasteiger partial charge < -0.3 is 9.84 Å². The maximum atomic E-state index is 12.3. The molecule has 5 N–H and O–H groups in total. The lowest BCUT2D eigenvalue weighted by Gasteiger charge is -2.46. The summed E-state index contributed by atoms with van der Waals surface area (Å²) in [6.45, 7) is 0.